The van der Waals surface area contributed by atoms with E-state index in [2.05, 4.69) is 6.92 Å². The van der Waals surface area contributed by atoms with Crippen LogP contribution in [0.1, 0.15) is 26.7 Å². The van der Waals surface area contributed by atoms with Crippen molar-refractivity contribution in [3.05, 3.63) is 0 Å². The summed E-state index contributed by atoms with van der Waals surface area (Å²) in [5.74, 6) is 0.775. The van der Waals surface area contributed by atoms with E-state index >= 15 is 0 Å². The molecule has 1 amide bonds. The minimum atomic E-state index is -0.874. The summed E-state index contributed by atoms with van der Waals surface area (Å²) in [6.45, 7) is 5.70. The summed E-state index contributed by atoms with van der Waals surface area (Å²) in [6.07, 6.45) is 2.19. The van der Waals surface area contributed by atoms with E-state index in [0.29, 0.717) is 0 Å². The summed E-state index contributed by atoms with van der Waals surface area (Å²) in [4.78, 5) is 15.8. The maximum atomic E-state index is 12.1. The van der Waals surface area contributed by atoms with Crippen molar-refractivity contribution in [2.24, 2.45) is 11.7 Å². The zero-order valence-electron chi connectivity index (χ0n) is 10.3. The van der Waals surface area contributed by atoms with Gasteiger partial charge in [-0.1, -0.05) is 6.92 Å². The number of carbonyl (C=O) groups excluding carboxylic acids is 1. The quantitative estimate of drug-likeness (QED) is 0.679. The number of amides is 1. The van der Waals surface area contributed by atoms with E-state index in [1.54, 1.807) is 11.8 Å². The molecule has 4 heteroatoms. The lowest BCUT2D eigenvalue weighted by atomic mass is 9.98. The van der Waals surface area contributed by atoms with Gasteiger partial charge in [-0.25, -0.2) is 0 Å². The Morgan fingerprint density at radius 3 is 2.27 bits per heavy atom. The first-order valence-electron chi connectivity index (χ1n) is 5.61. The van der Waals surface area contributed by atoms with Gasteiger partial charge in [0, 0.05) is 13.1 Å². The standard InChI is InChI=1S/C11H23N3O/c1-9-5-7-14(8-6-9)10(15)11(2,12)13(3)4/h9H,5-8,12H2,1-4H3/t11-/m0/s1. The molecule has 2 N–H and O–H groups in total. The van der Waals surface area contributed by atoms with E-state index in [9.17, 15) is 4.79 Å². The molecular weight excluding hydrogens is 190 g/mol. The minimum Gasteiger partial charge on any atom is -0.340 e. The number of hydrogen-bond acceptors (Lipinski definition) is 3. The number of nitrogens with zero attached hydrogens (tertiary/aromatic N) is 2. The van der Waals surface area contributed by atoms with Crippen LogP contribution in [0.3, 0.4) is 0 Å². The maximum absolute atomic E-state index is 12.1. The number of likely N-dealkylation sites (N-methyl/N-ethyl adjacent to an activating group) is 1. The summed E-state index contributed by atoms with van der Waals surface area (Å²) < 4.78 is 0. The highest BCUT2D eigenvalue weighted by molar-refractivity contribution is 5.85. The van der Waals surface area contributed by atoms with Crippen LogP contribution < -0.4 is 5.73 Å². The molecule has 15 heavy (non-hydrogen) atoms. The number of rotatable bonds is 2. The fraction of sp³-hybridized carbons (Fsp3) is 0.909. The SMILES string of the molecule is CC1CCN(C(=O)[C@@](C)(N)N(C)C)CC1. The second-order valence-electron chi connectivity index (χ2n) is 5.02. The van der Waals surface area contributed by atoms with Crippen LogP contribution in [0.15, 0.2) is 0 Å². The molecule has 0 bridgehead atoms. The average molecular weight is 213 g/mol. The summed E-state index contributed by atoms with van der Waals surface area (Å²) >= 11 is 0. The molecular formula is C11H23N3O. The molecule has 1 atom stereocenters. The second-order valence-corrected chi connectivity index (χ2v) is 5.02. The van der Waals surface area contributed by atoms with Gasteiger partial charge in [-0.15, -0.1) is 0 Å². The molecule has 1 aliphatic rings. The zero-order chi connectivity index (χ0) is 11.6. The largest absolute Gasteiger partial charge is 0.340 e. The van der Waals surface area contributed by atoms with Gasteiger partial charge in [0.15, 0.2) is 0 Å². The topological polar surface area (TPSA) is 49.6 Å². The molecule has 0 aromatic carbocycles. The fourth-order valence-corrected chi connectivity index (χ4v) is 1.72. The summed E-state index contributed by atoms with van der Waals surface area (Å²) in [6, 6.07) is 0. The van der Waals surface area contributed by atoms with Crippen LogP contribution in [-0.4, -0.2) is 48.6 Å². The lowest BCUT2D eigenvalue weighted by Crippen LogP contribution is -2.62. The van der Waals surface area contributed by atoms with Crippen molar-refractivity contribution in [3.63, 3.8) is 0 Å². The Bertz CT molecular complexity index is 230. The Balaban J connectivity index is 2.61. The Kier molecular flexibility index (Phi) is 3.73. The normalized spacial score (nSPS) is 22.9. The van der Waals surface area contributed by atoms with E-state index in [1.165, 1.54) is 0 Å². The van der Waals surface area contributed by atoms with E-state index in [0.717, 1.165) is 31.8 Å². The Morgan fingerprint density at radius 2 is 1.87 bits per heavy atom. The van der Waals surface area contributed by atoms with Crippen LogP contribution in [0.5, 0.6) is 0 Å². The molecule has 0 aromatic heterocycles. The van der Waals surface area contributed by atoms with Crippen molar-refractivity contribution < 1.29 is 4.79 Å². The number of hydrogen-bond donors (Lipinski definition) is 1. The molecule has 4 nitrogen and oxygen atoms in total. The van der Waals surface area contributed by atoms with Gasteiger partial charge in [0.05, 0.1) is 0 Å². The third-order valence-electron chi connectivity index (χ3n) is 3.43. The Morgan fingerprint density at radius 1 is 1.40 bits per heavy atom. The summed E-state index contributed by atoms with van der Waals surface area (Å²) in [5, 5.41) is 0. The fourth-order valence-electron chi connectivity index (χ4n) is 1.72. The zero-order valence-corrected chi connectivity index (χ0v) is 10.3. The number of nitrogens with two attached hydrogens (primary N) is 1. The molecule has 1 aliphatic heterocycles. The van der Waals surface area contributed by atoms with Gasteiger partial charge < -0.3 is 10.6 Å². The average Bonchev–Trinajstić information content (AvgIpc) is 2.17. The van der Waals surface area contributed by atoms with Crippen molar-refractivity contribution in [2.75, 3.05) is 27.2 Å². The highest BCUT2D eigenvalue weighted by Crippen LogP contribution is 2.19. The molecule has 1 fully saturated rings. The van der Waals surface area contributed by atoms with Gasteiger partial charge in [0.2, 0.25) is 0 Å². The minimum absolute atomic E-state index is 0.0411. The Labute approximate surface area is 92.4 Å². The predicted molar refractivity (Wildman–Crippen MR) is 61.3 cm³/mol. The van der Waals surface area contributed by atoms with Crippen LogP contribution in [0.25, 0.3) is 0 Å². The smallest absolute Gasteiger partial charge is 0.257 e. The monoisotopic (exact) mass is 213 g/mol. The lowest BCUT2D eigenvalue weighted by Gasteiger charge is -2.38. The van der Waals surface area contributed by atoms with E-state index in [4.69, 9.17) is 5.73 Å². The van der Waals surface area contributed by atoms with E-state index in [1.807, 2.05) is 19.0 Å². The van der Waals surface area contributed by atoms with Crippen molar-refractivity contribution >= 4 is 5.91 Å². The molecule has 1 heterocycles. The summed E-state index contributed by atoms with van der Waals surface area (Å²) in [5.41, 5.74) is 5.13. The highest BCUT2D eigenvalue weighted by atomic mass is 16.2. The van der Waals surface area contributed by atoms with Gasteiger partial charge in [0.1, 0.15) is 5.66 Å². The van der Waals surface area contributed by atoms with E-state index < -0.39 is 5.66 Å². The molecule has 1 rings (SSSR count). The number of carbonyl (C=O) groups is 1. The van der Waals surface area contributed by atoms with Gasteiger partial charge in [-0.2, -0.15) is 0 Å². The van der Waals surface area contributed by atoms with Crippen molar-refractivity contribution in [3.8, 4) is 0 Å². The first-order chi connectivity index (χ1) is 6.85. The number of piperidine rings is 1. The summed E-state index contributed by atoms with van der Waals surface area (Å²) in [7, 11) is 3.68. The Hall–Kier alpha value is -0.610. The van der Waals surface area contributed by atoms with Crippen molar-refractivity contribution in [1.29, 1.82) is 0 Å². The molecule has 0 spiro atoms. The molecule has 0 aliphatic carbocycles. The maximum Gasteiger partial charge on any atom is 0.257 e. The molecule has 0 unspecified atom stereocenters. The van der Waals surface area contributed by atoms with Gasteiger partial charge in [0.25, 0.3) is 5.91 Å². The van der Waals surface area contributed by atoms with Crippen LogP contribution in [0, 0.1) is 5.92 Å². The highest BCUT2D eigenvalue weighted by Gasteiger charge is 2.35. The van der Waals surface area contributed by atoms with Gasteiger partial charge in [-0.05, 0) is 39.8 Å². The van der Waals surface area contributed by atoms with Gasteiger partial charge >= 0.3 is 0 Å². The van der Waals surface area contributed by atoms with Crippen LogP contribution in [0.4, 0.5) is 0 Å². The molecule has 0 aromatic rings. The third kappa shape index (κ3) is 2.69. The molecule has 0 saturated carbocycles. The van der Waals surface area contributed by atoms with E-state index in [-0.39, 0.29) is 5.91 Å². The first-order valence-corrected chi connectivity index (χ1v) is 5.61. The molecule has 1 saturated heterocycles. The van der Waals surface area contributed by atoms with Crippen molar-refractivity contribution in [1.82, 2.24) is 9.80 Å². The van der Waals surface area contributed by atoms with Gasteiger partial charge in [-0.3, -0.25) is 9.69 Å². The van der Waals surface area contributed by atoms with Crippen LogP contribution in [0.2, 0.25) is 0 Å². The van der Waals surface area contributed by atoms with Crippen LogP contribution >= 0.6 is 0 Å². The second kappa shape index (κ2) is 4.49. The molecule has 88 valence electrons. The third-order valence-corrected chi connectivity index (χ3v) is 3.43. The number of likely N-dealkylation sites (tertiary alicyclic amines) is 1. The van der Waals surface area contributed by atoms with Crippen molar-refractivity contribution in [2.45, 2.75) is 32.4 Å². The molecule has 0 radical (unpaired) electrons. The lowest BCUT2D eigenvalue weighted by molar-refractivity contribution is -0.143. The first kappa shape index (κ1) is 12.5. The predicted octanol–water partition coefficient (Wildman–Crippen LogP) is 0.481. The van der Waals surface area contributed by atoms with Crippen LogP contribution in [-0.2, 0) is 4.79 Å².